The first-order valence-corrected chi connectivity index (χ1v) is 6.17. The summed E-state index contributed by atoms with van der Waals surface area (Å²) in [5.41, 5.74) is 0. The monoisotopic (exact) mass is 245 g/mol. The van der Waals surface area contributed by atoms with E-state index in [4.69, 9.17) is 0 Å². The van der Waals surface area contributed by atoms with Gasteiger partial charge in [0.1, 0.15) is 6.04 Å². The highest BCUT2D eigenvalue weighted by Crippen LogP contribution is 2.16. The molecule has 0 saturated carbocycles. The molecule has 7 heteroatoms. The topological polar surface area (TPSA) is 81.7 Å². The molecule has 0 bridgehead atoms. The van der Waals surface area contributed by atoms with Crippen molar-refractivity contribution in [1.82, 2.24) is 15.5 Å². The third kappa shape index (κ3) is 2.16. The molecule has 3 atom stereocenters. The first-order valence-electron chi connectivity index (χ1n) is 5.18. The lowest BCUT2D eigenvalue weighted by atomic mass is 10.1. The van der Waals surface area contributed by atoms with Crippen LogP contribution in [-0.4, -0.2) is 65.2 Å². The second-order valence-corrected chi connectivity index (χ2v) is 5.03. The van der Waals surface area contributed by atoms with Crippen LogP contribution in [0.25, 0.3) is 0 Å². The Labute approximate surface area is 97.7 Å². The van der Waals surface area contributed by atoms with Gasteiger partial charge in [-0.05, 0) is 0 Å². The lowest BCUT2D eigenvalue weighted by molar-refractivity contribution is -0.134. The molecule has 6 nitrogen and oxygen atoms in total. The zero-order valence-corrected chi connectivity index (χ0v) is 9.79. The van der Waals surface area contributed by atoms with Gasteiger partial charge in [0.05, 0.1) is 12.1 Å². The summed E-state index contributed by atoms with van der Waals surface area (Å²) in [7, 11) is 1.67. The van der Waals surface area contributed by atoms with E-state index in [1.807, 2.05) is 0 Å². The summed E-state index contributed by atoms with van der Waals surface area (Å²) in [6.45, 7) is 1.10. The number of aliphatic hydroxyl groups is 1. The van der Waals surface area contributed by atoms with Gasteiger partial charge in [-0.15, -0.1) is 0 Å². The molecule has 0 aromatic heterocycles. The molecule has 90 valence electrons. The molecule has 0 spiro atoms. The van der Waals surface area contributed by atoms with Crippen LogP contribution in [-0.2, 0) is 4.79 Å². The van der Waals surface area contributed by atoms with Gasteiger partial charge in [-0.3, -0.25) is 9.59 Å². The maximum Gasteiger partial charge on any atom is 0.279 e. The third-order valence-corrected chi connectivity index (χ3v) is 3.85. The molecule has 0 aliphatic carbocycles. The molecule has 16 heavy (non-hydrogen) atoms. The number of hydrogen-bond donors (Lipinski definition) is 3. The minimum Gasteiger partial charge on any atom is -0.390 e. The fraction of sp³-hybridized carbons (Fsp3) is 0.778. The van der Waals surface area contributed by atoms with Crippen LogP contribution in [0, 0.1) is 0 Å². The van der Waals surface area contributed by atoms with E-state index in [0.29, 0.717) is 18.8 Å². The zero-order chi connectivity index (χ0) is 11.7. The van der Waals surface area contributed by atoms with Gasteiger partial charge in [0, 0.05) is 25.9 Å². The first-order chi connectivity index (χ1) is 7.59. The molecule has 2 rings (SSSR count). The zero-order valence-electron chi connectivity index (χ0n) is 8.97. The second-order valence-electron chi connectivity index (χ2n) is 4.04. The minimum absolute atomic E-state index is 0.133. The smallest absolute Gasteiger partial charge is 0.279 e. The number of rotatable bonds is 2. The molecule has 2 aliphatic rings. The van der Waals surface area contributed by atoms with Gasteiger partial charge >= 0.3 is 0 Å². The van der Waals surface area contributed by atoms with Crippen LogP contribution in [0.5, 0.6) is 0 Å². The number of carbonyl (C=O) groups is 2. The van der Waals surface area contributed by atoms with Crippen molar-refractivity contribution in [3.63, 3.8) is 0 Å². The van der Waals surface area contributed by atoms with Gasteiger partial charge in [0.25, 0.3) is 5.24 Å². The van der Waals surface area contributed by atoms with Crippen molar-refractivity contribution in [3.8, 4) is 0 Å². The van der Waals surface area contributed by atoms with Crippen molar-refractivity contribution < 1.29 is 14.7 Å². The molecule has 0 aromatic rings. The predicted molar refractivity (Wildman–Crippen MR) is 60.2 cm³/mol. The van der Waals surface area contributed by atoms with Crippen molar-refractivity contribution in [2.75, 3.05) is 25.9 Å². The van der Waals surface area contributed by atoms with E-state index in [2.05, 4.69) is 10.6 Å². The molecule has 2 amide bonds. The Kier molecular flexibility index (Phi) is 3.36. The third-order valence-electron chi connectivity index (χ3n) is 2.97. The van der Waals surface area contributed by atoms with Crippen LogP contribution in [0.4, 0.5) is 4.79 Å². The molecule has 2 saturated heterocycles. The van der Waals surface area contributed by atoms with Gasteiger partial charge < -0.3 is 20.6 Å². The average Bonchev–Trinajstić information content (AvgIpc) is 2.85. The van der Waals surface area contributed by atoms with Gasteiger partial charge in [0.2, 0.25) is 5.91 Å². The summed E-state index contributed by atoms with van der Waals surface area (Å²) in [6, 6.07) is -0.648. The van der Waals surface area contributed by atoms with E-state index in [-0.39, 0.29) is 17.2 Å². The van der Waals surface area contributed by atoms with Crippen LogP contribution in [0.15, 0.2) is 0 Å². The highest BCUT2D eigenvalue weighted by molar-refractivity contribution is 8.14. The molecule has 2 aliphatic heterocycles. The number of β-amino-alcohol motifs (C(OH)–C–C–N with tert-alkyl or cyclic N) is 1. The summed E-state index contributed by atoms with van der Waals surface area (Å²) < 4.78 is 0. The predicted octanol–water partition coefficient (Wildman–Crippen LogP) is -1.40. The Hall–Kier alpha value is -0.790. The van der Waals surface area contributed by atoms with Gasteiger partial charge in [-0.25, -0.2) is 0 Å². The first kappa shape index (κ1) is 11.7. The number of nitrogens with zero attached hydrogens (tertiary/aromatic N) is 1. The summed E-state index contributed by atoms with van der Waals surface area (Å²) >= 11 is 1.12. The highest BCUT2D eigenvalue weighted by atomic mass is 32.2. The Bertz CT molecular complexity index is 312. The molecule has 3 N–H and O–H groups in total. The van der Waals surface area contributed by atoms with E-state index in [1.165, 1.54) is 4.90 Å². The summed E-state index contributed by atoms with van der Waals surface area (Å²) in [6.07, 6.45) is -0.529. The number of thioether (sulfide) groups is 1. The lowest BCUT2D eigenvalue weighted by Crippen LogP contribution is -2.51. The Morgan fingerprint density at radius 2 is 2.31 bits per heavy atom. The maximum atomic E-state index is 12.0. The van der Waals surface area contributed by atoms with Crippen LogP contribution in [0.1, 0.15) is 0 Å². The van der Waals surface area contributed by atoms with E-state index >= 15 is 0 Å². The molecule has 0 radical (unpaired) electrons. The van der Waals surface area contributed by atoms with Crippen LogP contribution in [0.3, 0.4) is 0 Å². The van der Waals surface area contributed by atoms with Crippen molar-refractivity contribution in [2.24, 2.45) is 0 Å². The van der Waals surface area contributed by atoms with Crippen molar-refractivity contribution >= 4 is 22.9 Å². The Morgan fingerprint density at radius 3 is 2.81 bits per heavy atom. The summed E-state index contributed by atoms with van der Waals surface area (Å²) in [4.78, 5) is 24.5. The minimum atomic E-state index is -0.529. The Morgan fingerprint density at radius 1 is 1.56 bits per heavy atom. The van der Waals surface area contributed by atoms with E-state index in [9.17, 15) is 14.7 Å². The average molecular weight is 245 g/mol. The Balaban J connectivity index is 1.96. The number of carbonyl (C=O) groups excluding carboxylic acids is 2. The molecule has 1 unspecified atom stereocenters. The van der Waals surface area contributed by atoms with Gasteiger partial charge in [-0.2, -0.15) is 0 Å². The highest BCUT2D eigenvalue weighted by Gasteiger charge is 2.36. The van der Waals surface area contributed by atoms with E-state index < -0.39 is 12.1 Å². The van der Waals surface area contributed by atoms with Crippen LogP contribution >= 0.6 is 11.8 Å². The SMILES string of the molecule is CN(C(=O)C1CSC(=O)N1)[C@@H]1CNC[C@H]1O. The standard InChI is InChI=1S/C9H15N3O3S/c1-12(6-2-10-3-7(6)13)8(14)5-4-16-9(15)11-5/h5-7,10,13H,2-4H2,1H3,(H,11,15)/t5?,6-,7-/m1/s1. The molecule has 2 fully saturated rings. The second kappa shape index (κ2) is 4.60. The van der Waals surface area contributed by atoms with E-state index in [0.717, 1.165) is 11.8 Å². The van der Waals surface area contributed by atoms with E-state index in [1.54, 1.807) is 7.05 Å². The maximum absolute atomic E-state index is 12.0. The fourth-order valence-corrected chi connectivity index (χ4v) is 2.74. The number of nitrogens with one attached hydrogen (secondary N) is 2. The largest absolute Gasteiger partial charge is 0.390 e. The molecule has 0 aromatic carbocycles. The number of likely N-dealkylation sites (N-methyl/N-ethyl adjacent to an activating group) is 1. The number of aliphatic hydroxyl groups excluding tert-OH is 1. The summed E-state index contributed by atoms with van der Waals surface area (Å²) in [5.74, 6) is 0.337. The van der Waals surface area contributed by atoms with Crippen LogP contribution < -0.4 is 10.6 Å². The summed E-state index contributed by atoms with van der Waals surface area (Å²) in [5, 5.41) is 15.1. The van der Waals surface area contributed by atoms with Crippen molar-refractivity contribution in [3.05, 3.63) is 0 Å². The van der Waals surface area contributed by atoms with Crippen LogP contribution in [0.2, 0.25) is 0 Å². The number of hydrogen-bond acceptors (Lipinski definition) is 5. The molecular weight excluding hydrogens is 230 g/mol. The molecular formula is C9H15N3O3S. The van der Waals surface area contributed by atoms with Gasteiger partial charge in [-0.1, -0.05) is 11.8 Å². The fourth-order valence-electron chi connectivity index (χ4n) is 1.97. The van der Waals surface area contributed by atoms with Crippen molar-refractivity contribution in [2.45, 2.75) is 18.2 Å². The quantitative estimate of drug-likeness (QED) is 0.557. The number of amides is 2. The van der Waals surface area contributed by atoms with Crippen molar-refractivity contribution in [1.29, 1.82) is 0 Å². The normalized spacial score (nSPS) is 33.9. The van der Waals surface area contributed by atoms with Gasteiger partial charge in [0.15, 0.2) is 0 Å². The lowest BCUT2D eigenvalue weighted by Gasteiger charge is -2.28. The molecule has 2 heterocycles.